The highest BCUT2D eigenvalue weighted by molar-refractivity contribution is 6.31. The molecule has 0 unspecified atom stereocenters. The van der Waals surface area contributed by atoms with E-state index in [4.69, 9.17) is 10.3 Å². The van der Waals surface area contributed by atoms with Crippen LogP contribution in [-0.2, 0) is 0 Å². The molecule has 0 saturated carbocycles. The van der Waals surface area contributed by atoms with Gasteiger partial charge in [0.1, 0.15) is 17.2 Å². The largest absolute Gasteiger partial charge is 0.507 e. The molecular weight excluding hydrogens is 350 g/mol. The van der Waals surface area contributed by atoms with Gasteiger partial charge >= 0.3 is 0 Å². The van der Waals surface area contributed by atoms with E-state index in [9.17, 15) is 19.8 Å². The number of benzene rings is 2. The van der Waals surface area contributed by atoms with Gasteiger partial charge in [0.15, 0.2) is 5.78 Å². The summed E-state index contributed by atoms with van der Waals surface area (Å²) in [6.45, 7) is 5.03. The summed E-state index contributed by atoms with van der Waals surface area (Å²) in [5.41, 5.74) is 9.58. The highest BCUT2D eigenvalue weighted by Gasteiger charge is 2.37. The molecule has 138 valence electrons. The van der Waals surface area contributed by atoms with E-state index < -0.39 is 11.6 Å². The maximum Gasteiger partial charge on any atom is 0.201 e. The lowest BCUT2D eigenvalue weighted by Crippen LogP contribution is -2.23. The van der Waals surface area contributed by atoms with Crippen LogP contribution < -0.4 is 4.74 Å². The number of aromatic hydroxyl groups is 2. The number of ketones is 2. The standard InChI is InChI=1S/C19H17N3O5/c1-8-6-11-14(12(23)7-8)18(26)15-13(17(11)25)9(2)19(10(3)16(15)24)27-5-4-21-22-20/h6-7,23-24H,4-5H2,1-3H3. The number of carbonyl (C=O) groups excluding carboxylic acids is 2. The Morgan fingerprint density at radius 3 is 2.41 bits per heavy atom. The van der Waals surface area contributed by atoms with Crippen molar-refractivity contribution in [2.24, 2.45) is 5.11 Å². The number of phenolic OH excluding ortho intramolecular Hbond substituents is 2. The van der Waals surface area contributed by atoms with E-state index in [0.717, 1.165) is 0 Å². The predicted octanol–water partition coefficient (Wildman–Crippen LogP) is 3.49. The van der Waals surface area contributed by atoms with Crippen LogP contribution >= 0.6 is 0 Å². The molecule has 0 aromatic heterocycles. The molecule has 2 aromatic carbocycles. The number of aryl methyl sites for hydroxylation is 1. The SMILES string of the molecule is Cc1cc(O)c2c(c1)C(=O)c1c(C)c(OCCN=[N+]=[N-])c(C)c(O)c1C2=O. The van der Waals surface area contributed by atoms with Crippen molar-refractivity contribution >= 4 is 11.6 Å². The van der Waals surface area contributed by atoms with Gasteiger partial charge in [-0.05, 0) is 44.0 Å². The molecule has 1 aliphatic carbocycles. The third kappa shape index (κ3) is 2.76. The first-order chi connectivity index (χ1) is 12.8. The first-order valence-corrected chi connectivity index (χ1v) is 8.22. The zero-order valence-electron chi connectivity index (χ0n) is 15.0. The molecule has 0 aliphatic heterocycles. The zero-order valence-corrected chi connectivity index (χ0v) is 15.0. The van der Waals surface area contributed by atoms with Gasteiger partial charge in [-0.1, -0.05) is 5.11 Å². The molecule has 1 aliphatic rings. The molecule has 0 bridgehead atoms. The molecule has 0 spiro atoms. The smallest absolute Gasteiger partial charge is 0.201 e. The fraction of sp³-hybridized carbons (Fsp3) is 0.263. The van der Waals surface area contributed by atoms with Crippen LogP contribution in [0.1, 0.15) is 48.5 Å². The number of fused-ring (bicyclic) bond motifs is 2. The average molecular weight is 367 g/mol. The summed E-state index contributed by atoms with van der Waals surface area (Å²) in [5.74, 6) is -1.47. The van der Waals surface area contributed by atoms with Gasteiger partial charge in [-0.15, -0.1) is 0 Å². The van der Waals surface area contributed by atoms with Gasteiger partial charge in [0.05, 0.1) is 24.3 Å². The molecule has 0 saturated heterocycles. The second-order valence-corrected chi connectivity index (χ2v) is 6.35. The summed E-state index contributed by atoms with van der Waals surface area (Å²) in [4.78, 5) is 28.7. The van der Waals surface area contributed by atoms with Crippen LogP contribution in [0.2, 0.25) is 0 Å². The van der Waals surface area contributed by atoms with Gasteiger partial charge in [-0.25, -0.2) is 0 Å². The number of azide groups is 1. The van der Waals surface area contributed by atoms with Crippen molar-refractivity contribution in [2.45, 2.75) is 20.8 Å². The maximum absolute atomic E-state index is 13.1. The average Bonchev–Trinajstić information content (AvgIpc) is 2.61. The van der Waals surface area contributed by atoms with E-state index in [1.165, 1.54) is 12.1 Å². The van der Waals surface area contributed by atoms with Crippen molar-refractivity contribution in [1.29, 1.82) is 0 Å². The lowest BCUT2D eigenvalue weighted by molar-refractivity contribution is 0.0973. The third-order valence-corrected chi connectivity index (χ3v) is 4.59. The van der Waals surface area contributed by atoms with Gasteiger partial charge in [-0.3, -0.25) is 9.59 Å². The minimum Gasteiger partial charge on any atom is -0.507 e. The van der Waals surface area contributed by atoms with Crippen molar-refractivity contribution in [3.63, 3.8) is 0 Å². The van der Waals surface area contributed by atoms with Crippen LogP contribution in [-0.4, -0.2) is 34.9 Å². The molecule has 8 heteroatoms. The first kappa shape index (κ1) is 18.3. The number of nitrogens with zero attached hydrogens (tertiary/aromatic N) is 3. The molecule has 3 rings (SSSR count). The summed E-state index contributed by atoms with van der Waals surface area (Å²) in [6, 6.07) is 2.94. The van der Waals surface area contributed by atoms with E-state index in [1.54, 1.807) is 20.8 Å². The Balaban J connectivity index is 2.22. The van der Waals surface area contributed by atoms with Crippen molar-refractivity contribution in [3.8, 4) is 17.2 Å². The Hall–Kier alpha value is -3.51. The van der Waals surface area contributed by atoms with Gasteiger partial charge in [0.25, 0.3) is 0 Å². The summed E-state index contributed by atoms with van der Waals surface area (Å²) in [5, 5.41) is 24.2. The van der Waals surface area contributed by atoms with Crippen LogP contribution in [0.5, 0.6) is 17.2 Å². The second kappa shape index (κ2) is 6.66. The number of rotatable bonds is 4. The normalized spacial score (nSPS) is 12.3. The highest BCUT2D eigenvalue weighted by atomic mass is 16.5. The van der Waals surface area contributed by atoms with E-state index in [0.29, 0.717) is 16.7 Å². The third-order valence-electron chi connectivity index (χ3n) is 4.59. The van der Waals surface area contributed by atoms with E-state index >= 15 is 0 Å². The molecule has 2 N–H and O–H groups in total. The first-order valence-electron chi connectivity index (χ1n) is 8.22. The monoisotopic (exact) mass is 367 g/mol. The molecule has 0 radical (unpaired) electrons. The summed E-state index contributed by atoms with van der Waals surface area (Å²) in [6.07, 6.45) is 0. The topological polar surface area (TPSA) is 133 Å². The summed E-state index contributed by atoms with van der Waals surface area (Å²) < 4.78 is 5.60. The zero-order chi connectivity index (χ0) is 19.9. The Kier molecular flexibility index (Phi) is 4.51. The number of hydrogen-bond donors (Lipinski definition) is 2. The maximum atomic E-state index is 13.1. The van der Waals surface area contributed by atoms with Crippen molar-refractivity contribution in [1.82, 2.24) is 0 Å². The van der Waals surface area contributed by atoms with Crippen LogP contribution in [0.15, 0.2) is 17.2 Å². The van der Waals surface area contributed by atoms with Gasteiger partial charge in [-0.2, -0.15) is 0 Å². The molecule has 0 atom stereocenters. The van der Waals surface area contributed by atoms with Gasteiger partial charge in [0, 0.05) is 27.2 Å². The Bertz CT molecular complexity index is 1050. The molecule has 0 fully saturated rings. The van der Waals surface area contributed by atoms with E-state index in [2.05, 4.69) is 10.0 Å². The number of hydrogen-bond acceptors (Lipinski definition) is 6. The van der Waals surface area contributed by atoms with Crippen molar-refractivity contribution in [2.75, 3.05) is 13.2 Å². The highest BCUT2D eigenvalue weighted by Crippen LogP contribution is 2.44. The number of carbonyl (C=O) groups is 2. The van der Waals surface area contributed by atoms with Crippen molar-refractivity contribution < 1.29 is 24.5 Å². The van der Waals surface area contributed by atoms with Gasteiger partial charge in [0.2, 0.25) is 5.78 Å². The molecule has 8 nitrogen and oxygen atoms in total. The van der Waals surface area contributed by atoms with Gasteiger partial charge < -0.3 is 14.9 Å². The fourth-order valence-electron chi connectivity index (χ4n) is 3.40. The minimum atomic E-state index is -0.610. The molecule has 27 heavy (non-hydrogen) atoms. The Morgan fingerprint density at radius 2 is 1.74 bits per heavy atom. The Labute approximate surface area is 154 Å². The summed E-state index contributed by atoms with van der Waals surface area (Å²) in [7, 11) is 0. The van der Waals surface area contributed by atoms with Crippen LogP contribution in [0.25, 0.3) is 10.4 Å². The minimum absolute atomic E-state index is 0.0550. The lowest BCUT2D eigenvalue weighted by Gasteiger charge is -2.24. The molecule has 0 heterocycles. The quantitative estimate of drug-likeness (QED) is 0.315. The molecular formula is C19H17N3O5. The van der Waals surface area contributed by atoms with E-state index in [-0.39, 0.29) is 52.7 Å². The number of phenols is 2. The number of ether oxygens (including phenoxy) is 1. The van der Waals surface area contributed by atoms with Crippen LogP contribution in [0.4, 0.5) is 0 Å². The Morgan fingerprint density at radius 1 is 1.04 bits per heavy atom. The summed E-state index contributed by atoms with van der Waals surface area (Å²) >= 11 is 0. The van der Waals surface area contributed by atoms with Crippen molar-refractivity contribution in [3.05, 3.63) is 61.5 Å². The second-order valence-electron chi connectivity index (χ2n) is 6.35. The predicted molar refractivity (Wildman–Crippen MR) is 96.8 cm³/mol. The lowest BCUT2D eigenvalue weighted by atomic mass is 9.79. The van der Waals surface area contributed by atoms with E-state index in [1.807, 2.05) is 0 Å². The van der Waals surface area contributed by atoms with Crippen LogP contribution in [0, 0.1) is 20.8 Å². The fourth-order valence-corrected chi connectivity index (χ4v) is 3.40. The van der Waals surface area contributed by atoms with Crippen LogP contribution in [0.3, 0.4) is 0 Å². The molecule has 0 amide bonds. The molecule has 2 aromatic rings.